The van der Waals surface area contributed by atoms with Crippen molar-refractivity contribution in [2.75, 3.05) is 24.2 Å². The van der Waals surface area contributed by atoms with Crippen LogP contribution >= 0.6 is 0 Å². The number of hydrogen-bond donors (Lipinski definition) is 3. The number of carbonyl (C=O) groups excluding carboxylic acids is 3. The molecule has 3 aliphatic rings. The van der Waals surface area contributed by atoms with E-state index in [2.05, 4.69) is 21.7 Å². The highest BCUT2D eigenvalue weighted by atomic mass is 16.2. The number of nitrogens with one attached hydrogen (secondary N) is 3. The van der Waals surface area contributed by atoms with Crippen LogP contribution in [0.1, 0.15) is 27.0 Å². The Morgan fingerprint density at radius 2 is 1.66 bits per heavy atom. The maximum atomic E-state index is 14.8. The van der Waals surface area contributed by atoms with Gasteiger partial charge in [0.05, 0.1) is 6.07 Å². The van der Waals surface area contributed by atoms with E-state index in [1.807, 2.05) is 49.4 Å². The summed E-state index contributed by atoms with van der Waals surface area (Å²) in [6, 6.07) is 22.3. The van der Waals surface area contributed by atoms with E-state index in [-0.39, 0.29) is 6.54 Å². The van der Waals surface area contributed by atoms with Crippen LogP contribution in [0, 0.1) is 23.7 Å². The minimum Gasteiger partial charge on any atom is -0.360 e. The molecule has 38 heavy (non-hydrogen) atoms. The maximum Gasteiger partial charge on any atom is 0.251 e. The van der Waals surface area contributed by atoms with Crippen LogP contribution in [0.3, 0.4) is 0 Å². The van der Waals surface area contributed by atoms with Crippen LogP contribution < -0.4 is 10.6 Å². The highest BCUT2D eigenvalue weighted by Crippen LogP contribution is 2.68. The van der Waals surface area contributed by atoms with Gasteiger partial charge in [-0.25, -0.2) is 0 Å². The largest absolute Gasteiger partial charge is 0.360 e. The Kier molecular flexibility index (Phi) is 4.24. The number of para-hydroxylation sites is 2. The summed E-state index contributed by atoms with van der Waals surface area (Å²) in [5, 5.41) is 17.6. The predicted octanol–water partition coefficient (Wildman–Crippen LogP) is 3.85. The number of nitrogens with zero attached hydrogens (tertiary/aromatic N) is 2. The second kappa shape index (κ2) is 7.18. The van der Waals surface area contributed by atoms with Crippen LogP contribution in [-0.4, -0.2) is 41.1 Å². The number of amides is 2. The first kappa shape index (κ1) is 22.5. The van der Waals surface area contributed by atoms with Gasteiger partial charge in [-0.2, -0.15) is 5.26 Å². The third kappa shape index (κ3) is 2.23. The lowest BCUT2D eigenvalue weighted by molar-refractivity contribution is -0.137. The summed E-state index contributed by atoms with van der Waals surface area (Å²) in [5.41, 5.74) is -1.36. The monoisotopic (exact) mass is 501 g/mol. The molecule has 1 saturated heterocycles. The average Bonchev–Trinajstić information content (AvgIpc) is 3.62. The van der Waals surface area contributed by atoms with E-state index in [1.54, 1.807) is 42.4 Å². The summed E-state index contributed by atoms with van der Waals surface area (Å²) in [5.74, 6) is -1.47. The van der Waals surface area contributed by atoms with Crippen molar-refractivity contribution >= 4 is 39.9 Å². The lowest BCUT2D eigenvalue weighted by Gasteiger charge is -2.44. The average molecular weight is 502 g/mol. The second-order valence-corrected chi connectivity index (χ2v) is 10.4. The highest BCUT2D eigenvalue weighted by molar-refractivity contribution is 6.24. The summed E-state index contributed by atoms with van der Waals surface area (Å²) >= 11 is 0. The molecule has 0 aliphatic carbocycles. The lowest BCUT2D eigenvalue weighted by Crippen LogP contribution is -2.65. The number of aromatic nitrogens is 1. The molecular formula is C30H23N5O3. The number of carbonyl (C=O) groups is 3. The number of benzene rings is 3. The Bertz CT molecular complexity index is 1780. The standard InChI is InChI=1S/C30H23N5O3/c1-17-11-12-24-21(13-17)30(27(38)34-24)29(20-8-4-6-10-23(20)33-26(29)37)28(15-31,16-35(30)2)25(36)19-14-32-22-9-5-3-7-18(19)22/h3-14,32H,16H2,1-2H3,(H,33,37)(H,34,38)/t28-,29+,30-/m1/s1. The van der Waals surface area contributed by atoms with Crippen molar-refractivity contribution in [3.05, 3.63) is 95.2 Å². The molecule has 0 saturated carbocycles. The Labute approximate surface area is 218 Å². The van der Waals surface area contributed by atoms with Crippen molar-refractivity contribution in [2.45, 2.75) is 17.9 Å². The minimum atomic E-state index is -1.92. The molecule has 2 amide bonds. The SMILES string of the molecule is Cc1ccc2c(c1)[C@]1(C(=O)N2)N(C)C[C@](C#N)(C(=O)c2c[nH]c3ccccc23)[C@]12C(=O)Nc1ccccc12. The van der Waals surface area contributed by atoms with Crippen molar-refractivity contribution in [1.82, 2.24) is 9.88 Å². The van der Waals surface area contributed by atoms with Gasteiger partial charge in [0.25, 0.3) is 5.91 Å². The molecule has 0 bridgehead atoms. The van der Waals surface area contributed by atoms with Crippen molar-refractivity contribution in [3.8, 4) is 6.07 Å². The topological polar surface area (TPSA) is 118 Å². The minimum absolute atomic E-state index is 0.121. The van der Waals surface area contributed by atoms with Crippen molar-refractivity contribution < 1.29 is 14.4 Å². The quantitative estimate of drug-likeness (QED) is 0.361. The summed E-state index contributed by atoms with van der Waals surface area (Å²) < 4.78 is 0. The third-order valence-corrected chi connectivity index (χ3v) is 8.70. The van der Waals surface area contributed by atoms with Crippen LogP contribution in [-0.2, 0) is 20.5 Å². The normalized spacial score (nSPS) is 27.4. The van der Waals surface area contributed by atoms with Gasteiger partial charge in [-0.15, -0.1) is 0 Å². The number of likely N-dealkylation sites (N-methyl/N-ethyl adjacent to an activating group) is 1. The fourth-order valence-corrected chi connectivity index (χ4v) is 7.28. The predicted molar refractivity (Wildman–Crippen MR) is 142 cm³/mol. The van der Waals surface area contributed by atoms with E-state index in [1.165, 1.54) is 0 Å². The van der Waals surface area contributed by atoms with Crippen LogP contribution in [0.4, 0.5) is 11.4 Å². The summed E-state index contributed by atoms with van der Waals surface area (Å²) in [4.78, 5) is 48.4. The van der Waals surface area contributed by atoms with Crippen LogP contribution in [0.25, 0.3) is 10.9 Å². The molecule has 7 rings (SSSR count). The Balaban J connectivity index is 1.63. The first-order valence-electron chi connectivity index (χ1n) is 12.4. The van der Waals surface area contributed by atoms with Gasteiger partial charge in [0.2, 0.25) is 5.91 Å². The molecule has 1 fully saturated rings. The number of aryl methyl sites for hydroxylation is 1. The Hall–Kier alpha value is -4.74. The number of aromatic amines is 1. The van der Waals surface area contributed by atoms with Gasteiger partial charge in [0.1, 0.15) is 11.0 Å². The molecule has 4 heterocycles. The van der Waals surface area contributed by atoms with Gasteiger partial charge >= 0.3 is 0 Å². The number of H-pyrrole nitrogens is 1. The Morgan fingerprint density at radius 1 is 0.947 bits per heavy atom. The zero-order valence-electron chi connectivity index (χ0n) is 20.8. The summed E-state index contributed by atoms with van der Waals surface area (Å²) in [7, 11) is 1.72. The van der Waals surface area contributed by atoms with Gasteiger partial charge in [-0.3, -0.25) is 19.3 Å². The van der Waals surface area contributed by atoms with Gasteiger partial charge < -0.3 is 15.6 Å². The molecule has 8 heteroatoms. The first-order chi connectivity index (χ1) is 18.3. The van der Waals surface area contributed by atoms with Crippen molar-refractivity contribution in [2.24, 2.45) is 5.41 Å². The van der Waals surface area contributed by atoms with E-state index in [4.69, 9.17) is 0 Å². The molecule has 1 aromatic heterocycles. The van der Waals surface area contributed by atoms with E-state index in [9.17, 15) is 19.6 Å². The van der Waals surface area contributed by atoms with Crippen molar-refractivity contribution in [1.29, 1.82) is 5.26 Å². The fourth-order valence-electron chi connectivity index (χ4n) is 7.28. The Morgan fingerprint density at radius 3 is 2.47 bits per heavy atom. The van der Waals surface area contributed by atoms with Crippen molar-refractivity contribution in [3.63, 3.8) is 0 Å². The fraction of sp³-hybridized carbons (Fsp3) is 0.200. The van der Waals surface area contributed by atoms with E-state index in [0.717, 1.165) is 11.1 Å². The highest BCUT2D eigenvalue weighted by Gasteiger charge is 2.84. The van der Waals surface area contributed by atoms with Gasteiger partial charge in [0, 0.05) is 46.1 Å². The first-order valence-corrected chi connectivity index (χ1v) is 12.4. The number of rotatable bonds is 2. The van der Waals surface area contributed by atoms with E-state index in [0.29, 0.717) is 33.5 Å². The summed E-state index contributed by atoms with van der Waals surface area (Å²) in [6.07, 6.45) is 1.59. The molecule has 186 valence electrons. The molecule has 8 nitrogen and oxygen atoms in total. The molecule has 0 radical (unpaired) electrons. The number of Topliss-reactive ketones (excluding diaryl/α,β-unsaturated/α-hetero) is 1. The lowest BCUT2D eigenvalue weighted by atomic mass is 9.51. The third-order valence-electron chi connectivity index (χ3n) is 8.70. The second-order valence-electron chi connectivity index (χ2n) is 10.4. The molecule has 2 spiro atoms. The molecule has 3 aromatic carbocycles. The number of hydrogen-bond acceptors (Lipinski definition) is 5. The maximum absolute atomic E-state index is 14.8. The van der Waals surface area contributed by atoms with Gasteiger partial charge in [-0.1, -0.05) is 54.1 Å². The zero-order valence-corrected chi connectivity index (χ0v) is 20.8. The number of nitriles is 1. The van der Waals surface area contributed by atoms with Gasteiger partial charge in [0.15, 0.2) is 11.2 Å². The van der Waals surface area contributed by atoms with Crippen LogP contribution in [0.15, 0.2) is 72.9 Å². The van der Waals surface area contributed by atoms with Crippen LogP contribution in [0.5, 0.6) is 0 Å². The smallest absolute Gasteiger partial charge is 0.251 e. The molecule has 3 N–H and O–H groups in total. The number of likely N-dealkylation sites (tertiary alicyclic amines) is 1. The molecule has 0 unspecified atom stereocenters. The zero-order chi connectivity index (χ0) is 26.4. The van der Waals surface area contributed by atoms with Gasteiger partial charge in [-0.05, 0) is 37.7 Å². The summed E-state index contributed by atoms with van der Waals surface area (Å²) in [6.45, 7) is 1.79. The number of ketones is 1. The molecular weight excluding hydrogens is 478 g/mol. The number of fused-ring (bicyclic) bond motifs is 6. The van der Waals surface area contributed by atoms with E-state index >= 15 is 0 Å². The van der Waals surface area contributed by atoms with E-state index < -0.39 is 34.0 Å². The molecule has 3 aliphatic heterocycles. The molecule has 3 atom stereocenters. The molecule has 4 aromatic rings. The number of anilines is 2. The van der Waals surface area contributed by atoms with Crippen LogP contribution in [0.2, 0.25) is 0 Å².